The standard InChI is InChI=1S/C24H18N4O2S/c1-3-20(29)27-15-6-4-5-14(11-15)17-8-7-16-18(28-17)9-10-19-21(16)22-23(31-19)24(30)26-13(2)12-25-22/h3-11,25H,1-2,12H2,(H,26,30)(H,27,29). The van der Waals surface area contributed by atoms with Crippen molar-refractivity contribution in [2.75, 3.05) is 17.2 Å². The van der Waals surface area contributed by atoms with Crippen molar-refractivity contribution < 1.29 is 9.59 Å². The van der Waals surface area contributed by atoms with Gasteiger partial charge in [-0.25, -0.2) is 4.98 Å². The van der Waals surface area contributed by atoms with Crippen LogP contribution in [0, 0.1) is 0 Å². The van der Waals surface area contributed by atoms with Crippen LogP contribution in [0.15, 0.2) is 73.5 Å². The molecule has 31 heavy (non-hydrogen) atoms. The number of amides is 2. The van der Waals surface area contributed by atoms with Gasteiger partial charge in [0.15, 0.2) is 0 Å². The second kappa shape index (κ2) is 7.37. The number of anilines is 2. The maximum absolute atomic E-state index is 12.5. The van der Waals surface area contributed by atoms with E-state index in [0.29, 0.717) is 22.8 Å². The number of hydrogen-bond acceptors (Lipinski definition) is 5. The first kappa shape index (κ1) is 19.0. The lowest BCUT2D eigenvalue weighted by atomic mass is 10.1. The Bertz CT molecular complexity index is 1420. The summed E-state index contributed by atoms with van der Waals surface area (Å²) in [4.78, 5) is 29.6. The van der Waals surface area contributed by atoms with E-state index in [1.54, 1.807) is 0 Å². The number of aromatic nitrogens is 1. The summed E-state index contributed by atoms with van der Waals surface area (Å²) in [5, 5.41) is 10.9. The Morgan fingerprint density at radius 3 is 2.90 bits per heavy atom. The van der Waals surface area contributed by atoms with Crippen LogP contribution in [0.4, 0.5) is 11.4 Å². The number of hydrogen-bond donors (Lipinski definition) is 3. The molecule has 0 bridgehead atoms. The molecule has 0 atom stereocenters. The molecule has 3 N–H and O–H groups in total. The van der Waals surface area contributed by atoms with Gasteiger partial charge in [-0.15, -0.1) is 11.3 Å². The first-order valence-electron chi connectivity index (χ1n) is 9.66. The number of nitrogens with zero attached hydrogens (tertiary/aromatic N) is 1. The molecule has 0 spiro atoms. The van der Waals surface area contributed by atoms with E-state index in [2.05, 4.69) is 29.1 Å². The maximum atomic E-state index is 12.5. The molecule has 0 aliphatic carbocycles. The van der Waals surface area contributed by atoms with Crippen LogP contribution in [0.25, 0.3) is 32.2 Å². The fourth-order valence-corrected chi connectivity index (χ4v) is 4.79. The summed E-state index contributed by atoms with van der Waals surface area (Å²) >= 11 is 1.46. The lowest BCUT2D eigenvalue weighted by molar-refractivity contribution is -0.111. The monoisotopic (exact) mass is 426 g/mol. The average Bonchev–Trinajstić information content (AvgIpc) is 3.10. The van der Waals surface area contributed by atoms with Crippen LogP contribution in [0.3, 0.4) is 0 Å². The fraction of sp³-hybridized carbons (Fsp3) is 0.0417. The van der Waals surface area contributed by atoms with Crippen molar-refractivity contribution in [1.82, 2.24) is 10.3 Å². The van der Waals surface area contributed by atoms with Gasteiger partial charge in [-0.2, -0.15) is 0 Å². The van der Waals surface area contributed by atoms with Crippen LogP contribution in [-0.4, -0.2) is 23.3 Å². The van der Waals surface area contributed by atoms with Gasteiger partial charge < -0.3 is 16.0 Å². The zero-order chi connectivity index (χ0) is 21.5. The second-order valence-corrected chi connectivity index (χ2v) is 8.25. The van der Waals surface area contributed by atoms with Crippen molar-refractivity contribution in [1.29, 1.82) is 0 Å². The molecule has 0 unspecified atom stereocenters. The molecule has 0 saturated heterocycles. The molecule has 3 heterocycles. The average molecular weight is 427 g/mol. The van der Waals surface area contributed by atoms with Gasteiger partial charge in [0.1, 0.15) is 4.88 Å². The quantitative estimate of drug-likeness (QED) is 0.407. The zero-order valence-electron chi connectivity index (χ0n) is 16.5. The van der Waals surface area contributed by atoms with Crippen molar-refractivity contribution in [3.63, 3.8) is 0 Å². The lowest BCUT2D eigenvalue weighted by Crippen LogP contribution is -2.21. The molecule has 2 aromatic carbocycles. The Labute approximate surface area is 182 Å². The molecule has 0 radical (unpaired) electrons. The van der Waals surface area contributed by atoms with Crippen molar-refractivity contribution in [3.8, 4) is 11.3 Å². The summed E-state index contributed by atoms with van der Waals surface area (Å²) in [7, 11) is 0. The van der Waals surface area contributed by atoms with E-state index in [-0.39, 0.29) is 11.8 Å². The minimum atomic E-state index is -0.261. The highest BCUT2D eigenvalue weighted by Crippen LogP contribution is 2.41. The molecule has 2 amide bonds. The molecule has 2 aromatic heterocycles. The lowest BCUT2D eigenvalue weighted by Gasteiger charge is -2.09. The van der Waals surface area contributed by atoms with Gasteiger partial charge in [0.25, 0.3) is 5.91 Å². The molecule has 6 nitrogen and oxygen atoms in total. The summed E-state index contributed by atoms with van der Waals surface area (Å²) in [5.74, 6) is -0.398. The van der Waals surface area contributed by atoms with Crippen molar-refractivity contribution in [2.24, 2.45) is 0 Å². The van der Waals surface area contributed by atoms with E-state index >= 15 is 0 Å². The summed E-state index contributed by atoms with van der Waals surface area (Å²) in [6.07, 6.45) is 1.24. The van der Waals surface area contributed by atoms with E-state index in [1.807, 2.05) is 48.5 Å². The Hall–Kier alpha value is -3.97. The van der Waals surface area contributed by atoms with E-state index in [1.165, 1.54) is 17.4 Å². The Balaban J connectivity index is 1.62. The van der Waals surface area contributed by atoms with E-state index in [4.69, 9.17) is 4.98 Å². The number of pyridine rings is 1. The third-order valence-electron chi connectivity index (χ3n) is 5.11. The second-order valence-electron chi connectivity index (χ2n) is 7.19. The predicted molar refractivity (Wildman–Crippen MR) is 126 cm³/mol. The molecule has 1 aliphatic rings. The normalized spacial score (nSPS) is 13.3. The SMILES string of the molecule is C=CC(=O)Nc1cccc(-c2ccc3c(ccc4sc5c(c43)NCC(=C)NC5=O)n2)c1. The molecule has 0 saturated carbocycles. The van der Waals surface area contributed by atoms with Crippen LogP contribution in [0.5, 0.6) is 0 Å². The minimum Gasteiger partial charge on any atom is -0.378 e. The highest BCUT2D eigenvalue weighted by atomic mass is 32.1. The Morgan fingerprint density at radius 2 is 2.06 bits per heavy atom. The zero-order valence-corrected chi connectivity index (χ0v) is 17.3. The van der Waals surface area contributed by atoms with Gasteiger partial charge >= 0.3 is 0 Å². The van der Waals surface area contributed by atoms with E-state index in [0.717, 1.165) is 37.9 Å². The van der Waals surface area contributed by atoms with Crippen molar-refractivity contribution in [3.05, 3.63) is 78.3 Å². The van der Waals surface area contributed by atoms with Crippen LogP contribution in [0.1, 0.15) is 9.67 Å². The molecule has 7 heteroatoms. The Kier molecular flexibility index (Phi) is 4.52. The van der Waals surface area contributed by atoms with Crippen molar-refractivity contribution in [2.45, 2.75) is 0 Å². The first-order valence-corrected chi connectivity index (χ1v) is 10.5. The number of rotatable bonds is 3. The van der Waals surface area contributed by atoms with Gasteiger partial charge in [-0.3, -0.25) is 9.59 Å². The molecular formula is C24H18N4O2S. The van der Waals surface area contributed by atoms with E-state index in [9.17, 15) is 9.59 Å². The molecule has 0 fully saturated rings. The highest BCUT2D eigenvalue weighted by molar-refractivity contribution is 7.21. The van der Waals surface area contributed by atoms with Gasteiger partial charge in [-0.05, 0) is 42.5 Å². The molecular weight excluding hydrogens is 408 g/mol. The number of benzene rings is 2. The van der Waals surface area contributed by atoms with Crippen LogP contribution in [0.2, 0.25) is 0 Å². The summed E-state index contributed by atoms with van der Waals surface area (Å²) < 4.78 is 1.02. The van der Waals surface area contributed by atoms with Crippen LogP contribution in [-0.2, 0) is 4.79 Å². The minimum absolute atomic E-state index is 0.137. The summed E-state index contributed by atoms with van der Waals surface area (Å²) in [6, 6.07) is 15.5. The van der Waals surface area contributed by atoms with Crippen LogP contribution >= 0.6 is 11.3 Å². The van der Waals surface area contributed by atoms with Crippen molar-refractivity contribution >= 4 is 55.5 Å². The molecule has 5 rings (SSSR count). The third kappa shape index (κ3) is 3.35. The highest BCUT2D eigenvalue weighted by Gasteiger charge is 2.23. The van der Waals surface area contributed by atoms with Gasteiger partial charge in [-0.1, -0.05) is 25.3 Å². The maximum Gasteiger partial charge on any atom is 0.267 e. The van der Waals surface area contributed by atoms with Gasteiger partial charge in [0, 0.05) is 32.4 Å². The molecule has 1 aliphatic heterocycles. The Morgan fingerprint density at radius 1 is 1.19 bits per heavy atom. The number of nitrogens with one attached hydrogen (secondary N) is 3. The molecule has 152 valence electrons. The molecule has 4 aromatic rings. The largest absolute Gasteiger partial charge is 0.378 e. The fourth-order valence-electron chi connectivity index (χ4n) is 3.70. The number of thiophene rings is 1. The third-order valence-corrected chi connectivity index (χ3v) is 6.26. The number of carbonyl (C=O) groups excluding carboxylic acids is 2. The summed E-state index contributed by atoms with van der Waals surface area (Å²) in [6.45, 7) is 7.83. The first-order chi connectivity index (χ1) is 15.0. The topological polar surface area (TPSA) is 83.1 Å². The predicted octanol–water partition coefficient (Wildman–Crippen LogP) is 4.91. The van der Waals surface area contributed by atoms with E-state index < -0.39 is 0 Å². The smallest absolute Gasteiger partial charge is 0.267 e. The van der Waals surface area contributed by atoms with Gasteiger partial charge in [0.05, 0.1) is 23.4 Å². The van der Waals surface area contributed by atoms with Gasteiger partial charge in [0.2, 0.25) is 5.91 Å². The summed E-state index contributed by atoms with van der Waals surface area (Å²) in [5.41, 5.74) is 4.66. The van der Waals surface area contributed by atoms with Crippen LogP contribution < -0.4 is 16.0 Å². The number of carbonyl (C=O) groups is 2. The number of fused-ring (bicyclic) bond motifs is 5.